The van der Waals surface area contributed by atoms with Crippen LogP contribution in [-0.2, 0) is 0 Å². The summed E-state index contributed by atoms with van der Waals surface area (Å²) in [5.74, 6) is 1.94. The van der Waals surface area contributed by atoms with E-state index in [9.17, 15) is 0 Å². The SMILES string of the molecule is CCCCN(C)c1nc(C)cc(N2CCN(CC)CC2)n1. The molecule has 0 amide bonds. The second-order valence-corrected chi connectivity index (χ2v) is 5.86. The normalized spacial score (nSPS) is 16.3. The standard InChI is InChI=1S/C16H29N5/c1-5-7-8-19(4)16-17-14(3)13-15(18-16)21-11-9-20(6-2)10-12-21/h13H,5-12H2,1-4H3. The molecule has 5 heteroatoms. The molecule has 0 spiro atoms. The van der Waals surface area contributed by atoms with Crippen molar-refractivity contribution in [1.82, 2.24) is 14.9 Å². The van der Waals surface area contributed by atoms with Crippen LogP contribution in [-0.4, -0.2) is 61.2 Å². The van der Waals surface area contributed by atoms with Gasteiger partial charge in [0, 0.05) is 51.5 Å². The third-order valence-corrected chi connectivity index (χ3v) is 4.16. The Morgan fingerprint density at radius 1 is 1.14 bits per heavy atom. The van der Waals surface area contributed by atoms with Crippen molar-refractivity contribution in [2.24, 2.45) is 0 Å². The smallest absolute Gasteiger partial charge is 0.227 e. The highest BCUT2D eigenvalue weighted by molar-refractivity contribution is 5.46. The van der Waals surface area contributed by atoms with E-state index in [0.29, 0.717) is 0 Å². The molecule has 2 rings (SSSR count). The van der Waals surface area contributed by atoms with E-state index in [1.54, 1.807) is 0 Å². The summed E-state index contributed by atoms with van der Waals surface area (Å²) in [6, 6.07) is 2.11. The van der Waals surface area contributed by atoms with Crippen molar-refractivity contribution in [3.63, 3.8) is 0 Å². The van der Waals surface area contributed by atoms with E-state index in [0.717, 1.165) is 56.7 Å². The Kier molecular flexibility index (Phi) is 5.79. The molecule has 5 nitrogen and oxygen atoms in total. The van der Waals surface area contributed by atoms with Crippen molar-refractivity contribution >= 4 is 11.8 Å². The summed E-state index contributed by atoms with van der Waals surface area (Å²) in [6.45, 7) is 13.0. The third-order valence-electron chi connectivity index (χ3n) is 4.16. The monoisotopic (exact) mass is 291 g/mol. The van der Waals surface area contributed by atoms with E-state index < -0.39 is 0 Å². The molecule has 2 heterocycles. The van der Waals surface area contributed by atoms with Gasteiger partial charge in [0.2, 0.25) is 5.95 Å². The minimum atomic E-state index is 0.858. The van der Waals surface area contributed by atoms with Crippen molar-refractivity contribution in [3.8, 4) is 0 Å². The first-order valence-electron chi connectivity index (χ1n) is 8.18. The molecular formula is C16H29N5. The maximum atomic E-state index is 4.78. The van der Waals surface area contributed by atoms with E-state index >= 15 is 0 Å². The summed E-state index contributed by atoms with van der Waals surface area (Å²) in [5, 5.41) is 0. The second kappa shape index (κ2) is 7.59. The van der Waals surface area contributed by atoms with Gasteiger partial charge in [-0.05, 0) is 19.9 Å². The van der Waals surface area contributed by atoms with Crippen LogP contribution in [0.1, 0.15) is 32.4 Å². The Morgan fingerprint density at radius 3 is 2.48 bits per heavy atom. The fraction of sp³-hybridized carbons (Fsp3) is 0.750. The number of likely N-dealkylation sites (N-methyl/N-ethyl adjacent to an activating group) is 1. The second-order valence-electron chi connectivity index (χ2n) is 5.86. The Bertz CT molecular complexity index is 440. The molecule has 1 aromatic rings. The summed E-state index contributed by atoms with van der Waals surface area (Å²) in [4.78, 5) is 16.4. The fourth-order valence-corrected chi connectivity index (χ4v) is 2.66. The lowest BCUT2D eigenvalue weighted by molar-refractivity contribution is 0.270. The summed E-state index contributed by atoms with van der Waals surface area (Å²) in [7, 11) is 2.09. The van der Waals surface area contributed by atoms with Crippen LogP contribution >= 0.6 is 0 Å². The number of hydrogen-bond acceptors (Lipinski definition) is 5. The Balaban J connectivity index is 2.08. The highest BCUT2D eigenvalue weighted by Gasteiger charge is 2.18. The number of aromatic nitrogens is 2. The first-order chi connectivity index (χ1) is 10.1. The van der Waals surface area contributed by atoms with Crippen LogP contribution in [0, 0.1) is 6.92 Å². The van der Waals surface area contributed by atoms with Crippen LogP contribution in [0.2, 0.25) is 0 Å². The Morgan fingerprint density at radius 2 is 1.86 bits per heavy atom. The molecule has 1 saturated heterocycles. The zero-order chi connectivity index (χ0) is 15.2. The van der Waals surface area contributed by atoms with Gasteiger partial charge in [-0.15, -0.1) is 0 Å². The lowest BCUT2D eigenvalue weighted by Crippen LogP contribution is -2.46. The molecule has 0 radical (unpaired) electrons. The first-order valence-corrected chi connectivity index (χ1v) is 8.18. The van der Waals surface area contributed by atoms with Crippen LogP contribution in [0.4, 0.5) is 11.8 Å². The van der Waals surface area contributed by atoms with Gasteiger partial charge in [-0.25, -0.2) is 4.98 Å². The van der Waals surface area contributed by atoms with Gasteiger partial charge in [-0.1, -0.05) is 20.3 Å². The van der Waals surface area contributed by atoms with Gasteiger partial charge in [0.1, 0.15) is 5.82 Å². The molecule has 0 bridgehead atoms. The predicted molar refractivity (Wildman–Crippen MR) is 89.3 cm³/mol. The molecule has 118 valence electrons. The van der Waals surface area contributed by atoms with Crippen LogP contribution < -0.4 is 9.80 Å². The van der Waals surface area contributed by atoms with Crippen LogP contribution in [0.5, 0.6) is 0 Å². The zero-order valence-electron chi connectivity index (χ0n) is 14.0. The van der Waals surface area contributed by atoms with Crippen molar-refractivity contribution in [2.45, 2.75) is 33.6 Å². The lowest BCUT2D eigenvalue weighted by atomic mass is 10.3. The maximum Gasteiger partial charge on any atom is 0.227 e. The summed E-state index contributed by atoms with van der Waals surface area (Å²) >= 11 is 0. The molecule has 0 N–H and O–H groups in total. The molecule has 0 aromatic carbocycles. The number of piperazine rings is 1. The number of hydrogen-bond donors (Lipinski definition) is 0. The van der Waals surface area contributed by atoms with Gasteiger partial charge in [-0.3, -0.25) is 0 Å². The van der Waals surface area contributed by atoms with Crippen LogP contribution in [0.3, 0.4) is 0 Å². The number of aryl methyl sites for hydroxylation is 1. The third kappa shape index (κ3) is 4.30. The highest BCUT2D eigenvalue weighted by atomic mass is 15.3. The van der Waals surface area contributed by atoms with Crippen LogP contribution in [0.15, 0.2) is 6.07 Å². The van der Waals surface area contributed by atoms with Crippen LogP contribution in [0.25, 0.3) is 0 Å². The average Bonchev–Trinajstić information content (AvgIpc) is 2.52. The maximum absolute atomic E-state index is 4.78. The number of anilines is 2. The topological polar surface area (TPSA) is 35.5 Å². The summed E-state index contributed by atoms with van der Waals surface area (Å²) in [6.07, 6.45) is 2.38. The van der Waals surface area contributed by atoms with Gasteiger partial charge in [0.05, 0.1) is 0 Å². The molecule has 0 saturated carbocycles. The molecule has 1 aromatic heterocycles. The van der Waals surface area contributed by atoms with E-state index in [1.165, 1.54) is 12.8 Å². The lowest BCUT2D eigenvalue weighted by Gasteiger charge is -2.35. The molecule has 0 unspecified atom stereocenters. The molecule has 1 aliphatic heterocycles. The first kappa shape index (κ1) is 16.0. The van der Waals surface area contributed by atoms with Gasteiger partial charge in [-0.2, -0.15) is 4.98 Å². The van der Waals surface area contributed by atoms with E-state index in [2.05, 4.69) is 53.6 Å². The Hall–Kier alpha value is -1.36. The zero-order valence-corrected chi connectivity index (χ0v) is 14.0. The van der Waals surface area contributed by atoms with Gasteiger partial charge < -0.3 is 14.7 Å². The van der Waals surface area contributed by atoms with Crippen molar-refractivity contribution in [3.05, 3.63) is 11.8 Å². The highest BCUT2D eigenvalue weighted by Crippen LogP contribution is 2.18. The minimum absolute atomic E-state index is 0.858. The van der Waals surface area contributed by atoms with E-state index in [1.807, 2.05) is 0 Å². The van der Waals surface area contributed by atoms with Gasteiger partial charge >= 0.3 is 0 Å². The van der Waals surface area contributed by atoms with Crippen molar-refractivity contribution < 1.29 is 0 Å². The quantitative estimate of drug-likeness (QED) is 0.802. The number of unbranched alkanes of at least 4 members (excludes halogenated alkanes) is 1. The van der Waals surface area contributed by atoms with E-state index in [-0.39, 0.29) is 0 Å². The molecule has 0 atom stereocenters. The molecule has 1 fully saturated rings. The van der Waals surface area contributed by atoms with Crippen molar-refractivity contribution in [2.75, 3.05) is 56.1 Å². The molecule has 0 aliphatic carbocycles. The Labute approximate surface area is 129 Å². The number of nitrogens with zero attached hydrogens (tertiary/aromatic N) is 5. The molecular weight excluding hydrogens is 262 g/mol. The summed E-state index contributed by atoms with van der Waals surface area (Å²) in [5.41, 5.74) is 1.05. The number of rotatable bonds is 6. The molecule has 1 aliphatic rings. The summed E-state index contributed by atoms with van der Waals surface area (Å²) < 4.78 is 0. The largest absolute Gasteiger partial charge is 0.354 e. The average molecular weight is 291 g/mol. The van der Waals surface area contributed by atoms with Crippen molar-refractivity contribution in [1.29, 1.82) is 0 Å². The van der Waals surface area contributed by atoms with Gasteiger partial charge in [0.15, 0.2) is 0 Å². The fourth-order valence-electron chi connectivity index (χ4n) is 2.66. The molecule has 21 heavy (non-hydrogen) atoms. The van der Waals surface area contributed by atoms with Gasteiger partial charge in [0.25, 0.3) is 0 Å². The van der Waals surface area contributed by atoms with E-state index in [4.69, 9.17) is 4.98 Å². The minimum Gasteiger partial charge on any atom is -0.354 e. The predicted octanol–water partition coefficient (Wildman–Crippen LogP) is 2.16.